The third-order valence-electron chi connectivity index (χ3n) is 5.18. The van der Waals surface area contributed by atoms with Crippen molar-refractivity contribution in [1.82, 2.24) is 25.4 Å². The van der Waals surface area contributed by atoms with E-state index in [1.54, 1.807) is 43.6 Å². The first-order valence-corrected chi connectivity index (χ1v) is 9.81. The molecule has 2 N–H and O–H groups in total. The van der Waals surface area contributed by atoms with Gasteiger partial charge in [0.05, 0.1) is 36.1 Å². The predicted molar refractivity (Wildman–Crippen MR) is 110 cm³/mol. The van der Waals surface area contributed by atoms with Crippen LogP contribution in [0.3, 0.4) is 0 Å². The Morgan fingerprint density at radius 2 is 2.00 bits per heavy atom. The topological polar surface area (TPSA) is 94.6 Å². The molecule has 1 atom stereocenters. The Hall–Kier alpha value is -3.39. The van der Waals surface area contributed by atoms with Crippen molar-refractivity contribution in [3.63, 3.8) is 0 Å². The summed E-state index contributed by atoms with van der Waals surface area (Å²) in [5.41, 5.74) is 2.38. The van der Waals surface area contributed by atoms with Crippen molar-refractivity contribution >= 4 is 29.4 Å². The highest BCUT2D eigenvalue weighted by atomic mass is 35.5. The standard InChI is InChI=1S/C21H20ClN5O3/c1-26-16-11-27(12-17(28)24-10-13-6-4-5-9-23-13)20(29)18(16)19(25-21(26)30)14-7-2-3-8-15(14)22/h2-9,19H,10-12H2,1H3,(H,24,28)(H,25,30)/t19-/m1/s1. The molecule has 0 bridgehead atoms. The Morgan fingerprint density at radius 1 is 1.23 bits per heavy atom. The van der Waals surface area contributed by atoms with Crippen LogP contribution in [-0.4, -0.2) is 52.8 Å². The first-order chi connectivity index (χ1) is 14.5. The van der Waals surface area contributed by atoms with E-state index < -0.39 is 6.04 Å². The molecule has 2 aromatic rings. The molecule has 9 heteroatoms. The predicted octanol–water partition coefficient (Wildman–Crippen LogP) is 1.84. The molecule has 4 rings (SSSR count). The minimum absolute atomic E-state index is 0.115. The smallest absolute Gasteiger partial charge is 0.322 e. The summed E-state index contributed by atoms with van der Waals surface area (Å²) in [5, 5.41) is 6.06. The van der Waals surface area contributed by atoms with E-state index in [4.69, 9.17) is 11.6 Å². The van der Waals surface area contributed by atoms with E-state index in [1.807, 2.05) is 12.1 Å². The van der Waals surface area contributed by atoms with Crippen LogP contribution in [0.15, 0.2) is 59.9 Å². The van der Waals surface area contributed by atoms with E-state index in [2.05, 4.69) is 15.6 Å². The van der Waals surface area contributed by atoms with Crippen molar-refractivity contribution in [3.8, 4) is 0 Å². The van der Waals surface area contributed by atoms with Gasteiger partial charge < -0.3 is 15.5 Å². The van der Waals surface area contributed by atoms with Gasteiger partial charge in [-0.25, -0.2) is 4.79 Å². The van der Waals surface area contributed by atoms with Crippen molar-refractivity contribution in [2.45, 2.75) is 12.6 Å². The number of nitrogens with zero attached hydrogens (tertiary/aromatic N) is 3. The van der Waals surface area contributed by atoms with Crippen molar-refractivity contribution < 1.29 is 14.4 Å². The van der Waals surface area contributed by atoms with Crippen LogP contribution in [0.2, 0.25) is 5.02 Å². The summed E-state index contributed by atoms with van der Waals surface area (Å²) < 4.78 is 0. The van der Waals surface area contributed by atoms with Crippen LogP contribution in [0, 0.1) is 0 Å². The van der Waals surface area contributed by atoms with Crippen LogP contribution in [0.25, 0.3) is 0 Å². The molecule has 2 aliphatic rings. The normalized spacial score (nSPS) is 18.4. The average molecular weight is 426 g/mol. The lowest BCUT2D eigenvalue weighted by Gasteiger charge is -2.31. The number of urea groups is 1. The van der Waals surface area contributed by atoms with Crippen LogP contribution < -0.4 is 10.6 Å². The van der Waals surface area contributed by atoms with E-state index in [0.717, 1.165) is 5.69 Å². The van der Waals surface area contributed by atoms with Crippen LogP contribution >= 0.6 is 11.6 Å². The van der Waals surface area contributed by atoms with Gasteiger partial charge in [-0.05, 0) is 23.8 Å². The molecule has 0 saturated heterocycles. The summed E-state index contributed by atoms with van der Waals surface area (Å²) in [7, 11) is 1.60. The summed E-state index contributed by atoms with van der Waals surface area (Å²) in [4.78, 5) is 45.0. The van der Waals surface area contributed by atoms with Gasteiger partial charge in [-0.15, -0.1) is 0 Å². The highest BCUT2D eigenvalue weighted by molar-refractivity contribution is 6.31. The Labute approximate surface area is 178 Å². The number of likely N-dealkylation sites (N-methyl/N-ethyl adjacent to an activating group) is 1. The van der Waals surface area contributed by atoms with Gasteiger partial charge in [-0.2, -0.15) is 0 Å². The lowest BCUT2D eigenvalue weighted by atomic mass is 9.96. The number of aromatic nitrogens is 1. The molecule has 0 unspecified atom stereocenters. The molecule has 1 aromatic heterocycles. The van der Waals surface area contributed by atoms with Crippen LogP contribution in [-0.2, 0) is 16.1 Å². The Kier molecular flexibility index (Phi) is 5.41. The van der Waals surface area contributed by atoms with Crippen LogP contribution in [0.5, 0.6) is 0 Å². The van der Waals surface area contributed by atoms with E-state index in [9.17, 15) is 14.4 Å². The van der Waals surface area contributed by atoms with E-state index >= 15 is 0 Å². The number of hydrogen-bond donors (Lipinski definition) is 2. The summed E-state index contributed by atoms with van der Waals surface area (Å²) in [6.07, 6.45) is 1.65. The van der Waals surface area contributed by atoms with Crippen molar-refractivity contribution in [3.05, 3.63) is 76.2 Å². The molecule has 0 spiro atoms. The van der Waals surface area contributed by atoms with Gasteiger partial charge in [-0.3, -0.25) is 19.5 Å². The quantitative estimate of drug-likeness (QED) is 0.764. The Balaban J connectivity index is 1.51. The van der Waals surface area contributed by atoms with Gasteiger partial charge in [0.25, 0.3) is 5.91 Å². The fourth-order valence-corrected chi connectivity index (χ4v) is 3.86. The third kappa shape index (κ3) is 3.73. The van der Waals surface area contributed by atoms with Gasteiger partial charge in [-0.1, -0.05) is 35.9 Å². The molecule has 4 amide bonds. The molecule has 0 radical (unpaired) electrons. The summed E-state index contributed by atoms with van der Waals surface area (Å²) in [5.74, 6) is -0.597. The van der Waals surface area contributed by atoms with Crippen molar-refractivity contribution in [1.29, 1.82) is 0 Å². The maximum absolute atomic E-state index is 13.2. The molecule has 8 nitrogen and oxygen atoms in total. The molecular formula is C21H20ClN5O3. The molecular weight excluding hydrogens is 406 g/mol. The fraction of sp³-hybridized carbons (Fsp3) is 0.238. The maximum atomic E-state index is 13.2. The SMILES string of the molecule is CN1C(=O)N[C@H](c2ccccc2Cl)C2=C1CN(CC(=O)NCc1ccccn1)C2=O. The van der Waals surface area contributed by atoms with Gasteiger partial charge in [0.1, 0.15) is 6.54 Å². The molecule has 3 heterocycles. The van der Waals surface area contributed by atoms with Crippen LogP contribution in [0.1, 0.15) is 17.3 Å². The first kappa shape index (κ1) is 19.9. The van der Waals surface area contributed by atoms with Crippen LogP contribution in [0.4, 0.5) is 4.79 Å². The number of nitrogens with one attached hydrogen (secondary N) is 2. The zero-order valence-electron chi connectivity index (χ0n) is 16.3. The molecule has 0 aliphatic carbocycles. The van der Waals surface area contributed by atoms with E-state index in [-0.39, 0.29) is 37.5 Å². The number of halogens is 1. The second-order valence-electron chi connectivity index (χ2n) is 7.08. The second kappa shape index (κ2) is 8.16. The zero-order valence-corrected chi connectivity index (χ0v) is 17.0. The third-order valence-corrected chi connectivity index (χ3v) is 5.52. The van der Waals surface area contributed by atoms with E-state index in [1.165, 1.54) is 9.80 Å². The monoisotopic (exact) mass is 425 g/mol. The number of carbonyl (C=O) groups excluding carboxylic acids is 3. The molecule has 0 fully saturated rings. The molecule has 154 valence electrons. The van der Waals surface area contributed by atoms with Gasteiger partial charge in [0.2, 0.25) is 5.91 Å². The number of amides is 4. The van der Waals surface area contributed by atoms with Gasteiger partial charge in [0, 0.05) is 18.3 Å². The zero-order chi connectivity index (χ0) is 21.3. The largest absolute Gasteiger partial charge is 0.349 e. The molecule has 30 heavy (non-hydrogen) atoms. The van der Waals surface area contributed by atoms with Crippen molar-refractivity contribution in [2.75, 3.05) is 20.1 Å². The number of pyridine rings is 1. The maximum Gasteiger partial charge on any atom is 0.322 e. The minimum Gasteiger partial charge on any atom is -0.349 e. The molecule has 2 aliphatic heterocycles. The summed E-state index contributed by atoms with van der Waals surface area (Å²) in [6, 6.07) is 11.5. The molecule has 0 saturated carbocycles. The highest BCUT2D eigenvalue weighted by Gasteiger charge is 2.43. The Bertz CT molecular complexity index is 1040. The molecule has 1 aromatic carbocycles. The van der Waals surface area contributed by atoms with Gasteiger partial charge >= 0.3 is 6.03 Å². The summed E-state index contributed by atoms with van der Waals surface area (Å²) in [6.45, 7) is 0.336. The van der Waals surface area contributed by atoms with Crippen molar-refractivity contribution in [2.24, 2.45) is 0 Å². The average Bonchev–Trinajstić information content (AvgIpc) is 3.07. The second-order valence-corrected chi connectivity index (χ2v) is 7.49. The first-order valence-electron chi connectivity index (χ1n) is 9.43. The summed E-state index contributed by atoms with van der Waals surface area (Å²) >= 11 is 6.32. The number of hydrogen-bond acceptors (Lipinski definition) is 4. The fourth-order valence-electron chi connectivity index (χ4n) is 3.61. The minimum atomic E-state index is -0.661. The number of rotatable bonds is 5. The van der Waals surface area contributed by atoms with Gasteiger partial charge in [0.15, 0.2) is 0 Å². The number of carbonyl (C=O) groups is 3. The van der Waals surface area contributed by atoms with E-state index in [0.29, 0.717) is 21.9 Å². The Morgan fingerprint density at radius 3 is 2.73 bits per heavy atom. The lowest BCUT2D eigenvalue weighted by molar-refractivity contribution is -0.132. The lowest BCUT2D eigenvalue weighted by Crippen LogP contribution is -2.45. The highest BCUT2D eigenvalue weighted by Crippen LogP contribution is 2.37. The number of benzene rings is 1.